The molecule has 0 amide bonds. The van der Waals surface area contributed by atoms with E-state index < -0.39 is 0 Å². The average molecular weight is 343 g/mol. The standard InChI is InChI=1S/C19H25N3O3/c1-2-25-19(24)10-5-3-4-8-14-22(17-9-6-7-13-20-17)16-11-12-18(23)21-15-16/h6-7,9,11-13,15H,2-5,8,10,14H2,1H3,(H,21,23). The highest BCUT2D eigenvalue weighted by Crippen LogP contribution is 2.24. The van der Waals surface area contributed by atoms with Crippen LogP contribution in [-0.2, 0) is 9.53 Å². The highest BCUT2D eigenvalue weighted by Gasteiger charge is 2.10. The van der Waals surface area contributed by atoms with Gasteiger partial charge in [-0.25, -0.2) is 9.97 Å². The SMILES string of the molecule is CCOC(=O)CCCCCCN(c1ccc(O)nc1)c1ccccn1. The van der Waals surface area contributed by atoms with Crippen LogP contribution in [0.3, 0.4) is 0 Å². The van der Waals surface area contributed by atoms with E-state index in [9.17, 15) is 9.90 Å². The minimum atomic E-state index is -0.118. The van der Waals surface area contributed by atoms with Crippen molar-refractivity contribution in [3.05, 3.63) is 42.7 Å². The summed E-state index contributed by atoms with van der Waals surface area (Å²) in [5.41, 5.74) is 0.892. The number of pyridine rings is 2. The van der Waals surface area contributed by atoms with Crippen LogP contribution in [0.25, 0.3) is 0 Å². The Morgan fingerprint density at radius 2 is 1.96 bits per heavy atom. The first-order chi connectivity index (χ1) is 12.2. The first-order valence-electron chi connectivity index (χ1n) is 8.70. The summed E-state index contributed by atoms with van der Waals surface area (Å²) in [5, 5.41) is 9.38. The molecule has 0 atom stereocenters. The first-order valence-corrected chi connectivity index (χ1v) is 8.70. The fraction of sp³-hybridized carbons (Fsp3) is 0.421. The fourth-order valence-corrected chi connectivity index (χ4v) is 2.55. The molecule has 6 heteroatoms. The van der Waals surface area contributed by atoms with E-state index in [4.69, 9.17) is 4.74 Å². The molecule has 2 aromatic heterocycles. The van der Waals surface area contributed by atoms with Gasteiger partial charge in [0, 0.05) is 25.2 Å². The van der Waals surface area contributed by atoms with Crippen molar-refractivity contribution in [3.63, 3.8) is 0 Å². The summed E-state index contributed by atoms with van der Waals surface area (Å²) < 4.78 is 4.93. The molecular weight excluding hydrogens is 318 g/mol. The molecule has 2 rings (SSSR count). The van der Waals surface area contributed by atoms with Gasteiger partial charge < -0.3 is 14.7 Å². The number of rotatable bonds is 10. The number of aromatic nitrogens is 2. The molecule has 6 nitrogen and oxygen atoms in total. The molecule has 0 radical (unpaired) electrons. The van der Waals surface area contributed by atoms with Crippen molar-refractivity contribution in [3.8, 4) is 5.88 Å². The lowest BCUT2D eigenvalue weighted by Crippen LogP contribution is -2.19. The Labute approximate surface area is 148 Å². The summed E-state index contributed by atoms with van der Waals surface area (Å²) >= 11 is 0. The molecular formula is C19H25N3O3. The van der Waals surface area contributed by atoms with Crippen LogP contribution in [0.5, 0.6) is 5.88 Å². The quantitative estimate of drug-likeness (QED) is 0.522. The molecule has 0 saturated carbocycles. The van der Waals surface area contributed by atoms with Gasteiger partial charge >= 0.3 is 5.97 Å². The second-order valence-corrected chi connectivity index (χ2v) is 5.68. The molecule has 0 aliphatic carbocycles. The van der Waals surface area contributed by atoms with E-state index in [0.29, 0.717) is 13.0 Å². The third-order valence-corrected chi connectivity index (χ3v) is 3.79. The van der Waals surface area contributed by atoms with Gasteiger partial charge in [0.15, 0.2) is 0 Å². The molecule has 2 aromatic rings. The number of hydrogen-bond donors (Lipinski definition) is 1. The van der Waals surface area contributed by atoms with Gasteiger partial charge in [-0.1, -0.05) is 18.9 Å². The van der Waals surface area contributed by atoms with Crippen LogP contribution in [0.4, 0.5) is 11.5 Å². The van der Waals surface area contributed by atoms with E-state index in [1.165, 1.54) is 0 Å². The summed E-state index contributed by atoms with van der Waals surface area (Å²) in [6.07, 6.45) is 7.72. The van der Waals surface area contributed by atoms with Crippen molar-refractivity contribution < 1.29 is 14.6 Å². The maximum Gasteiger partial charge on any atom is 0.305 e. The van der Waals surface area contributed by atoms with E-state index in [-0.39, 0.29) is 11.8 Å². The molecule has 0 fully saturated rings. The maximum atomic E-state index is 11.3. The van der Waals surface area contributed by atoms with Crippen LogP contribution in [0, 0.1) is 0 Å². The van der Waals surface area contributed by atoms with Crippen LogP contribution in [-0.4, -0.2) is 34.2 Å². The molecule has 2 heterocycles. The lowest BCUT2D eigenvalue weighted by molar-refractivity contribution is -0.143. The number of unbranched alkanes of at least 4 members (excludes halogenated alkanes) is 3. The second kappa shape index (κ2) is 10.3. The highest BCUT2D eigenvalue weighted by atomic mass is 16.5. The predicted molar refractivity (Wildman–Crippen MR) is 96.9 cm³/mol. The molecule has 25 heavy (non-hydrogen) atoms. The summed E-state index contributed by atoms with van der Waals surface area (Å²) in [7, 11) is 0. The molecule has 134 valence electrons. The topological polar surface area (TPSA) is 75.5 Å². The monoisotopic (exact) mass is 343 g/mol. The molecule has 0 spiro atoms. The predicted octanol–water partition coefficient (Wildman–Crippen LogP) is 3.83. The lowest BCUT2D eigenvalue weighted by atomic mass is 10.1. The Balaban J connectivity index is 1.85. The third-order valence-electron chi connectivity index (χ3n) is 3.79. The van der Waals surface area contributed by atoms with E-state index >= 15 is 0 Å². The summed E-state index contributed by atoms with van der Waals surface area (Å²) in [6.45, 7) is 3.06. The van der Waals surface area contributed by atoms with Crippen molar-refractivity contribution in [2.24, 2.45) is 0 Å². The van der Waals surface area contributed by atoms with Gasteiger partial charge in [0.05, 0.1) is 18.5 Å². The zero-order valence-electron chi connectivity index (χ0n) is 14.6. The first kappa shape index (κ1) is 18.7. The molecule has 1 N–H and O–H groups in total. The van der Waals surface area contributed by atoms with Gasteiger partial charge in [-0.05, 0) is 38.0 Å². The number of anilines is 2. The highest BCUT2D eigenvalue weighted by molar-refractivity contribution is 5.69. The summed E-state index contributed by atoms with van der Waals surface area (Å²) in [6, 6.07) is 9.19. The fourth-order valence-electron chi connectivity index (χ4n) is 2.55. The van der Waals surface area contributed by atoms with Crippen LogP contribution >= 0.6 is 0 Å². The van der Waals surface area contributed by atoms with Crippen molar-refractivity contribution in [1.82, 2.24) is 9.97 Å². The van der Waals surface area contributed by atoms with Crippen LogP contribution in [0.2, 0.25) is 0 Å². The maximum absolute atomic E-state index is 11.3. The molecule has 0 saturated heterocycles. The van der Waals surface area contributed by atoms with E-state index in [1.54, 1.807) is 18.5 Å². The number of nitrogens with zero attached hydrogens (tertiary/aromatic N) is 3. The molecule has 0 aromatic carbocycles. The second-order valence-electron chi connectivity index (χ2n) is 5.68. The molecule has 0 aliphatic rings. The largest absolute Gasteiger partial charge is 0.493 e. The number of aromatic hydroxyl groups is 1. The van der Waals surface area contributed by atoms with Crippen molar-refractivity contribution >= 4 is 17.5 Å². The Morgan fingerprint density at radius 3 is 2.64 bits per heavy atom. The number of ether oxygens (including phenoxy) is 1. The third kappa shape index (κ3) is 6.41. The van der Waals surface area contributed by atoms with Gasteiger partial charge in [0.1, 0.15) is 5.82 Å². The van der Waals surface area contributed by atoms with Crippen LogP contribution in [0.1, 0.15) is 39.0 Å². The summed E-state index contributed by atoms with van der Waals surface area (Å²) in [5.74, 6) is 0.734. The van der Waals surface area contributed by atoms with Gasteiger partial charge in [0.25, 0.3) is 0 Å². The van der Waals surface area contributed by atoms with Gasteiger partial charge in [0.2, 0.25) is 5.88 Å². The Morgan fingerprint density at radius 1 is 1.12 bits per heavy atom. The Kier molecular flexibility index (Phi) is 7.69. The lowest BCUT2D eigenvalue weighted by Gasteiger charge is -2.23. The number of esters is 1. The zero-order valence-corrected chi connectivity index (χ0v) is 14.6. The van der Waals surface area contributed by atoms with Gasteiger partial charge in [-0.3, -0.25) is 4.79 Å². The average Bonchev–Trinajstić information content (AvgIpc) is 2.63. The van der Waals surface area contributed by atoms with Crippen LogP contribution < -0.4 is 4.90 Å². The van der Waals surface area contributed by atoms with Crippen molar-refractivity contribution in [2.45, 2.75) is 39.0 Å². The summed E-state index contributed by atoms with van der Waals surface area (Å²) in [4.78, 5) is 21.8. The minimum absolute atomic E-state index is 0.00341. The Bertz CT molecular complexity index is 632. The van der Waals surface area contributed by atoms with Crippen LogP contribution in [0.15, 0.2) is 42.7 Å². The molecule has 0 bridgehead atoms. The number of carbonyl (C=O) groups excluding carboxylic acids is 1. The van der Waals surface area contributed by atoms with Crippen molar-refractivity contribution in [2.75, 3.05) is 18.1 Å². The molecule has 0 unspecified atom stereocenters. The number of hydrogen-bond acceptors (Lipinski definition) is 6. The molecule has 0 aliphatic heterocycles. The minimum Gasteiger partial charge on any atom is -0.493 e. The Hall–Kier alpha value is -2.63. The smallest absolute Gasteiger partial charge is 0.305 e. The normalized spacial score (nSPS) is 10.4. The van der Waals surface area contributed by atoms with Crippen molar-refractivity contribution in [1.29, 1.82) is 0 Å². The zero-order chi connectivity index (χ0) is 17.9. The van der Waals surface area contributed by atoms with E-state index in [1.807, 2.05) is 31.2 Å². The van der Waals surface area contributed by atoms with Gasteiger partial charge in [-0.2, -0.15) is 0 Å². The van der Waals surface area contributed by atoms with E-state index in [0.717, 1.165) is 43.7 Å². The number of carbonyl (C=O) groups is 1. The van der Waals surface area contributed by atoms with Gasteiger partial charge in [-0.15, -0.1) is 0 Å². The van der Waals surface area contributed by atoms with E-state index in [2.05, 4.69) is 14.9 Å².